The van der Waals surface area contributed by atoms with Crippen LogP contribution in [0.15, 0.2) is 12.2 Å². The summed E-state index contributed by atoms with van der Waals surface area (Å²) in [5, 5.41) is 0. The molecule has 19 heavy (non-hydrogen) atoms. The van der Waals surface area contributed by atoms with Crippen molar-refractivity contribution in [3.63, 3.8) is 0 Å². The van der Waals surface area contributed by atoms with E-state index in [1.165, 1.54) is 0 Å². The van der Waals surface area contributed by atoms with Crippen molar-refractivity contribution in [1.29, 1.82) is 0 Å². The molecule has 4 nitrogen and oxygen atoms in total. The molecule has 0 amide bonds. The highest BCUT2D eigenvalue weighted by Crippen LogP contribution is 2.41. The van der Waals surface area contributed by atoms with E-state index in [1.807, 2.05) is 0 Å². The predicted octanol–water partition coefficient (Wildman–Crippen LogP) is 2.17. The zero-order chi connectivity index (χ0) is 13.9. The molecule has 2 aliphatic rings. The van der Waals surface area contributed by atoms with Gasteiger partial charge in [-0.2, -0.15) is 0 Å². The third kappa shape index (κ3) is 3.58. The van der Waals surface area contributed by atoms with E-state index >= 15 is 0 Å². The second-order valence-corrected chi connectivity index (χ2v) is 7.99. The number of allylic oxidation sites excluding steroid dienone is 2. The summed E-state index contributed by atoms with van der Waals surface area (Å²) in [5.41, 5.74) is 0.191. The van der Waals surface area contributed by atoms with E-state index in [2.05, 4.69) is 12.2 Å². The fourth-order valence-corrected chi connectivity index (χ4v) is 5.00. The summed E-state index contributed by atoms with van der Waals surface area (Å²) in [5.74, 6) is 0.0927. The fraction of sp³-hybridized carbons (Fsp3) is 0.857. The Labute approximate surface area is 116 Å². The molecule has 1 saturated heterocycles. The van der Waals surface area contributed by atoms with Crippen molar-refractivity contribution in [3.05, 3.63) is 12.2 Å². The van der Waals surface area contributed by atoms with Gasteiger partial charge in [0.25, 0.3) is 0 Å². The number of nitrogens with zero attached hydrogens (tertiary/aromatic N) is 1. The van der Waals surface area contributed by atoms with Crippen LogP contribution in [-0.2, 0) is 14.8 Å². The molecule has 0 bridgehead atoms. The highest BCUT2D eigenvalue weighted by molar-refractivity contribution is 7.89. The van der Waals surface area contributed by atoms with Gasteiger partial charge in [-0.05, 0) is 44.4 Å². The van der Waals surface area contributed by atoms with Crippen LogP contribution in [0.3, 0.4) is 0 Å². The maximum atomic E-state index is 12.4. The molecule has 0 radical (unpaired) electrons. The molecule has 1 fully saturated rings. The Morgan fingerprint density at radius 2 is 2.16 bits per heavy atom. The Kier molecular flexibility index (Phi) is 4.69. The van der Waals surface area contributed by atoms with E-state index in [4.69, 9.17) is 4.74 Å². The van der Waals surface area contributed by atoms with Gasteiger partial charge >= 0.3 is 0 Å². The number of ether oxygens (including phenoxy) is 1. The Morgan fingerprint density at radius 3 is 2.79 bits per heavy atom. The molecule has 1 spiro atoms. The van der Waals surface area contributed by atoms with Crippen molar-refractivity contribution in [2.45, 2.75) is 45.1 Å². The Bertz CT molecular complexity index is 432. The number of piperidine rings is 1. The average Bonchev–Trinajstić information content (AvgIpc) is 2.39. The first kappa shape index (κ1) is 15.0. The monoisotopic (exact) mass is 287 g/mol. The summed E-state index contributed by atoms with van der Waals surface area (Å²) < 4.78 is 31.6. The fourth-order valence-electron chi connectivity index (χ4n) is 3.18. The smallest absolute Gasteiger partial charge is 0.216 e. The Balaban J connectivity index is 2.06. The average molecular weight is 287 g/mol. The molecular weight excluding hydrogens is 262 g/mol. The van der Waals surface area contributed by atoms with Gasteiger partial charge in [-0.15, -0.1) is 0 Å². The number of methoxy groups -OCH3 is 1. The van der Waals surface area contributed by atoms with Crippen LogP contribution < -0.4 is 0 Å². The molecule has 0 aromatic carbocycles. The Hall–Kier alpha value is -0.390. The summed E-state index contributed by atoms with van der Waals surface area (Å²) in [6, 6.07) is 0. The number of sulfonamides is 1. The molecule has 0 saturated carbocycles. The minimum atomic E-state index is -3.19. The first-order valence-corrected chi connectivity index (χ1v) is 8.74. The topological polar surface area (TPSA) is 46.6 Å². The molecule has 110 valence electrons. The summed E-state index contributed by atoms with van der Waals surface area (Å²) in [7, 11) is -1.63. The normalized spacial score (nSPS) is 30.6. The molecule has 1 heterocycles. The van der Waals surface area contributed by atoms with Crippen LogP contribution in [0.2, 0.25) is 0 Å². The number of hydrogen-bond acceptors (Lipinski definition) is 3. The van der Waals surface area contributed by atoms with Gasteiger partial charge in [0.1, 0.15) is 0 Å². The SMILES string of the molecule is CO[C@H](C)CS(=O)(=O)N1CCC[C@@]2(CC=CCC2)C1. The molecular formula is C14H25NO3S. The lowest BCUT2D eigenvalue weighted by molar-refractivity contribution is 0.121. The minimum absolute atomic E-state index is 0.0927. The summed E-state index contributed by atoms with van der Waals surface area (Å²) in [6.45, 7) is 3.17. The highest BCUT2D eigenvalue weighted by atomic mass is 32.2. The lowest BCUT2D eigenvalue weighted by atomic mass is 9.72. The first-order chi connectivity index (χ1) is 8.97. The van der Waals surface area contributed by atoms with Crippen LogP contribution in [0, 0.1) is 5.41 Å². The van der Waals surface area contributed by atoms with E-state index in [9.17, 15) is 8.42 Å². The summed E-state index contributed by atoms with van der Waals surface area (Å²) in [4.78, 5) is 0. The van der Waals surface area contributed by atoms with Gasteiger partial charge in [0.15, 0.2) is 0 Å². The van der Waals surface area contributed by atoms with Gasteiger partial charge in [-0.25, -0.2) is 12.7 Å². The van der Waals surface area contributed by atoms with E-state index < -0.39 is 10.0 Å². The van der Waals surface area contributed by atoms with Crippen LogP contribution in [0.4, 0.5) is 0 Å². The van der Waals surface area contributed by atoms with Gasteiger partial charge < -0.3 is 4.74 Å². The standard InChI is InChI=1S/C14H25NO3S/c1-13(18-2)11-19(16,17)15-10-6-9-14(12-15)7-4-3-5-8-14/h3-4,13H,5-12H2,1-2H3/t13-,14+/m1/s1. The predicted molar refractivity (Wildman–Crippen MR) is 76.5 cm³/mol. The first-order valence-electron chi connectivity index (χ1n) is 7.13. The van der Waals surface area contributed by atoms with Crippen LogP contribution >= 0.6 is 0 Å². The van der Waals surface area contributed by atoms with E-state index in [0.717, 1.165) is 32.1 Å². The van der Waals surface area contributed by atoms with Gasteiger partial charge in [0.05, 0.1) is 11.9 Å². The molecule has 0 aromatic rings. The molecule has 0 aromatic heterocycles. The van der Waals surface area contributed by atoms with Crippen molar-refractivity contribution in [1.82, 2.24) is 4.31 Å². The number of rotatable bonds is 4. The van der Waals surface area contributed by atoms with E-state index in [0.29, 0.717) is 13.1 Å². The van der Waals surface area contributed by atoms with Gasteiger partial charge in [0.2, 0.25) is 10.0 Å². The molecule has 2 rings (SSSR count). The largest absolute Gasteiger partial charge is 0.381 e. The van der Waals surface area contributed by atoms with Crippen LogP contribution in [0.1, 0.15) is 39.0 Å². The third-order valence-corrected chi connectivity index (χ3v) is 6.42. The highest BCUT2D eigenvalue weighted by Gasteiger charge is 2.39. The van der Waals surface area contributed by atoms with Crippen molar-refractivity contribution in [2.75, 3.05) is 26.0 Å². The van der Waals surface area contributed by atoms with Gasteiger partial charge in [-0.3, -0.25) is 0 Å². The third-order valence-electron chi connectivity index (χ3n) is 4.43. The lowest BCUT2D eigenvalue weighted by Crippen LogP contribution is -2.48. The second kappa shape index (κ2) is 5.94. The zero-order valence-corrected chi connectivity index (χ0v) is 12.8. The molecule has 2 atom stereocenters. The zero-order valence-electron chi connectivity index (χ0n) is 12.0. The van der Waals surface area contributed by atoms with Gasteiger partial charge in [0, 0.05) is 20.2 Å². The second-order valence-electron chi connectivity index (χ2n) is 5.98. The van der Waals surface area contributed by atoms with Crippen molar-refractivity contribution >= 4 is 10.0 Å². The quantitative estimate of drug-likeness (QED) is 0.745. The molecule has 1 aliphatic carbocycles. The van der Waals surface area contributed by atoms with Crippen molar-refractivity contribution in [3.8, 4) is 0 Å². The van der Waals surface area contributed by atoms with E-state index in [1.54, 1.807) is 18.3 Å². The van der Waals surface area contributed by atoms with Crippen LogP contribution in [0.25, 0.3) is 0 Å². The van der Waals surface area contributed by atoms with Gasteiger partial charge in [-0.1, -0.05) is 12.2 Å². The maximum absolute atomic E-state index is 12.4. The van der Waals surface area contributed by atoms with Crippen LogP contribution in [-0.4, -0.2) is 44.8 Å². The number of hydrogen-bond donors (Lipinski definition) is 0. The minimum Gasteiger partial charge on any atom is -0.381 e. The molecule has 5 heteroatoms. The molecule has 1 aliphatic heterocycles. The Morgan fingerprint density at radius 1 is 1.37 bits per heavy atom. The lowest BCUT2D eigenvalue weighted by Gasteiger charge is -2.43. The van der Waals surface area contributed by atoms with Crippen molar-refractivity contribution < 1.29 is 13.2 Å². The molecule has 0 unspecified atom stereocenters. The summed E-state index contributed by atoms with van der Waals surface area (Å²) in [6.07, 6.45) is 9.56. The van der Waals surface area contributed by atoms with Crippen molar-refractivity contribution in [2.24, 2.45) is 5.41 Å². The van der Waals surface area contributed by atoms with E-state index in [-0.39, 0.29) is 17.3 Å². The molecule has 0 N–H and O–H groups in total. The van der Waals surface area contributed by atoms with Crippen LogP contribution in [0.5, 0.6) is 0 Å². The maximum Gasteiger partial charge on any atom is 0.216 e. The summed E-state index contributed by atoms with van der Waals surface area (Å²) >= 11 is 0.